The van der Waals surface area contributed by atoms with Crippen LogP contribution >= 0.6 is 0 Å². The smallest absolute Gasteiger partial charge is 0.287 e. The lowest BCUT2D eigenvalue weighted by molar-refractivity contribution is 0.0888. The van der Waals surface area contributed by atoms with E-state index in [4.69, 9.17) is 4.42 Å². The van der Waals surface area contributed by atoms with Crippen LogP contribution in [0.15, 0.2) is 40.8 Å². The van der Waals surface area contributed by atoms with Gasteiger partial charge in [0, 0.05) is 12.6 Å². The summed E-state index contributed by atoms with van der Waals surface area (Å²) in [7, 11) is 0. The second kappa shape index (κ2) is 6.32. The second-order valence-electron chi connectivity index (χ2n) is 5.69. The molecule has 3 rings (SSSR count). The molecule has 116 valence electrons. The minimum absolute atomic E-state index is 0.0864. The summed E-state index contributed by atoms with van der Waals surface area (Å²) < 4.78 is 19.3. The number of benzene rings is 1. The van der Waals surface area contributed by atoms with Crippen molar-refractivity contribution in [1.29, 1.82) is 0 Å². The molecule has 2 aromatic rings. The highest BCUT2D eigenvalue weighted by atomic mass is 19.1. The molecule has 1 amide bonds. The van der Waals surface area contributed by atoms with Gasteiger partial charge in [-0.05, 0) is 43.1 Å². The summed E-state index contributed by atoms with van der Waals surface area (Å²) in [6.07, 6.45) is 1.03. The zero-order valence-corrected chi connectivity index (χ0v) is 12.4. The van der Waals surface area contributed by atoms with Crippen LogP contribution in [0.3, 0.4) is 0 Å². The number of hydrogen-bond acceptors (Lipinski definition) is 3. The summed E-state index contributed by atoms with van der Waals surface area (Å²) in [6.45, 7) is 3.86. The maximum atomic E-state index is 13.7. The minimum atomic E-state index is -0.367. The molecule has 0 saturated carbocycles. The van der Waals surface area contributed by atoms with E-state index in [2.05, 4.69) is 17.6 Å². The number of amides is 1. The van der Waals surface area contributed by atoms with Crippen molar-refractivity contribution in [3.63, 3.8) is 0 Å². The number of halogens is 1. The summed E-state index contributed by atoms with van der Waals surface area (Å²) in [6, 6.07) is 9.63. The molecule has 22 heavy (non-hydrogen) atoms. The Morgan fingerprint density at radius 3 is 2.91 bits per heavy atom. The lowest BCUT2D eigenvalue weighted by atomic mass is 9.95. The molecule has 1 aromatic heterocycles. The topological polar surface area (TPSA) is 54.3 Å². The van der Waals surface area contributed by atoms with E-state index >= 15 is 0 Å². The summed E-state index contributed by atoms with van der Waals surface area (Å²) in [5, 5.41) is 6.24. The van der Waals surface area contributed by atoms with Gasteiger partial charge in [0.25, 0.3) is 5.91 Å². The molecule has 1 aliphatic heterocycles. The molecule has 2 atom stereocenters. The monoisotopic (exact) mass is 302 g/mol. The van der Waals surface area contributed by atoms with Gasteiger partial charge in [-0.3, -0.25) is 4.79 Å². The molecule has 1 fully saturated rings. The number of carbonyl (C=O) groups is 1. The molecule has 2 heterocycles. The van der Waals surface area contributed by atoms with Crippen LogP contribution in [0.5, 0.6) is 0 Å². The number of rotatable bonds is 3. The standard InChI is InChI=1S/C17H19FN2O2/c1-11-8-9-19-10-14(11)20-17(21)16-7-6-15(22-16)12-4-2-3-5-13(12)18/h2-7,11,14,19H,8-10H2,1H3,(H,20,21). The molecule has 4 nitrogen and oxygen atoms in total. The Hall–Kier alpha value is -2.14. The highest BCUT2D eigenvalue weighted by Crippen LogP contribution is 2.25. The Kier molecular flexibility index (Phi) is 4.24. The average molecular weight is 302 g/mol. The quantitative estimate of drug-likeness (QED) is 0.916. The maximum absolute atomic E-state index is 13.7. The van der Waals surface area contributed by atoms with Crippen molar-refractivity contribution in [3.05, 3.63) is 48.0 Å². The van der Waals surface area contributed by atoms with Crippen LogP contribution in [0.25, 0.3) is 11.3 Å². The van der Waals surface area contributed by atoms with Gasteiger partial charge in [-0.15, -0.1) is 0 Å². The Morgan fingerprint density at radius 1 is 1.32 bits per heavy atom. The molecular formula is C17H19FN2O2. The molecule has 5 heteroatoms. The van der Waals surface area contributed by atoms with E-state index in [0.29, 0.717) is 17.2 Å². The zero-order valence-electron chi connectivity index (χ0n) is 12.4. The first-order valence-electron chi connectivity index (χ1n) is 7.51. The number of piperidine rings is 1. The second-order valence-corrected chi connectivity index (χ2v) is 5.69. The summed E-state index contributed by atoms with van der Waals surface area (Å²) >= 11 is 0. The average Bonchev–Trinajstić information content (AvgIpc) is 3.00. The van der Waals surface area contributed by atoms with Crippen molar-refractivity contribution in [2.75, 3.05) is 13.1 Å². The van der Waals surface area contributed by atoms with Gasteiger partial charge in [0.2, 0.25) is 0 Å². The lowest BCUT2D eigenvalue weighted by Gasteiger charge is -2.29. The van der Waals surface area contributed by atoms with Gasteiger partial charge in [-0.2, -0.15) is 0 Å². The number of hydrogen-bond donors (Lipinski definition) is 2. The van der Waals surface area contributed by atoms with Gasteiger partial charge in [0.05, 0.1) is 5.56 Å². The molecular weight excluding hydrogens is 283 g/mol. The first-order valence-corrected chi connectivity index (χ1v) is 7.51. The van der Waals surface area contributed by atoms with Crippen molar-refractivity contribution in [2.45, 2.75) is 19.4 Å². The molecule has 1 aromatic carbocycles. The molecule has 0 bridgehead atoms. The lowest BCUT2D eigenvalue weighted by Crippen LogP contribution is -2.50. The fourth-order valence-electron chi connectivity index (χ4n) is 2.69. The van der Waals surface area contributed by atoms with Gasteiger partial charge < -0.3 is 15.1 Å². The zero-order chi connectivity index (χ0) is 15.5. The van der Waals surface area contributed by atoms with E-state index in [1.807, 2.05) is 0 Å². The van der Waals surface area contributed by atoms with Gasteiger partial charge in [-0.25, -0.2) is 4.39 Å². The predicted octanol–water partition coefficient (Wildman–Crippen LogP) is 2.81. The number of nitrogens with one attached hydrogen (secondary N) is 2. The van der Waals surface area contributed by atoms with Crippen LogP contribution in [-0.2, 0) is 0 Å². The van der Waals surface area contributed by atoms with Gasteiger partial charge in [0.15, 0.2) is 5.76 Å². The van der Waals surface area contributed by atoms with E-state index < -0.39 is 0 Å². The van der Waals surface area contributed by atoms with E-state index in [0.717, 1.165) is 19.5 Å². The van der Waals surface area contributed by atoms with E-state index in [1.165, 1.54) is 6.07 Å². The summed E-state index contributed by atoms with van der Waals surface area (Å²) in [5.74, 6) is 0.359. The maximum Gasteiger partial charge on any atom is 0.287 e. The third-order valence-corrected chi connectivity index (χ3v) is 4.11. The highest BCUT2D eigenvalue weighted by Gasteiger charge is 2.24. The van der Waals surface area contributed by atoms with Crippen LogP contribution < -0.4 is 10.6 Å². The van der Waals surface area contributed by atoms with Crippen LogP contribution in [-0.4, -0.2) is 25.0 Å². The van der Waals surface area contributed by atoms with Crippen LogP contribution in [0.2, 0.25) is 0 Å². The van der Waals surface area contributed by atoms with E-state index in [-0.39, 0.29) is 23.5 Å². The predicted molar refractivity (Wildman–Crippen MR) is 82.0 cm³/mol. The Balaban J connectivity index is 1.73. The van der Waals surface area contributed by atoms with Crippen LogP contribution in [0, 0.1) is 11.7 Å². The molecule has 0 aliphatic carbocycles. The van der Waals surface area contributed by atoms with Crippen molar-refractivity contribution in [2.24, 2.45) is 5.92 Å². The molecule has 1 aliphatic rings. The molecule has 0 spiro atoms. The van der Waals surface area contributed by atoms with Gasteiger partial charge in [0.1, 0.15) is 11.6 Å². The van der Waals surface area contributed by atoms with Gasteiger partial charge >= 0.3 is 0 Å². The van der Waals surface area contributed by atoms with Crippen molar-refractivity contribution < 1.29 is 13.6 Å². The highest BCUT2D eigenvalue weighted by molar-refractivity contribution is 5.92. The third-order valence-electron chi connectivity index (χ3n) is 4.11. The fourth-order valence-corrected chi connectivity index (χ4v) is 2.69. The number of carbonyl (C=O) groups excluding carboxylic acids is 1. The number of furan rings is 1. The van der Waals surface area contributed by atoms with Crippen LogP contribution in [0.4, 0.5) is 4.39 Å². The third kappa shape index (κ3) is 3.04. The SMILES string of the molecule is CC1CCNCC1NC(=O)c1ccc(-c2ccccc2F)o1. The Labute approximate surface area is 128 Å². The molecule has 2 N–H and O–H groups in total. The molecule has 1 saturated heterocycles. The Morgan fingerprint density at radius 2 is 2.14 bits per heavy atom. The molecule has 0 radical (unpaired) electrons. The van der Waals surface area contributed by atoms with Crippen molar-refractivity contribution >= 4 is 5.91 Å². The van der Waals surface area contributed by atoms with Gasteiger partial charge in [-0.1, -0.05) is 19.1 Å². The molecule has 2 unspecified atom stereocenters. The van der Waals surface area contributed by atoms with Crippen molar-refractivity contribution in [1.82, 2.24) is 10.6 Å². The normalized spacial score (nSPS) is 21.5. The first kappa shape index (κ1) is 14.8. The van der Waals surface area contributed by atoms with E-state index in [1.54, 1.807) is 30.3 Å². The Bertz CT molecular complexity index is 668. The summed E-state index contributed by atoms with van der Waals surface area (Å²) in [5.41, 5.74) is 0.356. The minimum Gasteiger partial charge on any atom is -0.451 e. The summed E-state index contributed by atoms with van der Waals surface area (Å²) in [4.78, 5) is 12.3. The largest absolute Gasteiger partial charge is 0.451 e. The first-order chi connectivity index (χ1) is 10.6. The van der Waals surface area contributed by atoms with Crippen LogP contribution in [0.1, 0.15) is 23.9 Å². The fraction of sp³-hybridized carbons (Fsp3) is 0.353. The van der Waals surface area contributed by atoms with E-state index in [9.17, 15) is 9.18 Å². The van der Waals surface area contributed by atoms with Crippen molar-refractivity contribution in [3.8, 4) is 11.3 Å².